The van der Waals surface area contributed by atoms with Gasteiger partial charge in [0, 0.05) is 38.3 Å². The lowest BCUT2D eigenvalue weighted by atomic mass is 10.1. The predicted octanol–water partition coefficient (Wildman–Crippen LogP) is 2.58. The molecule has 22 heavy (non-hydrogen) atoms. The molecule has 1 fully saturated rings. The van der Waals surface area contributed by atoms with E-state index in [0.717, 1.165) is 37.6 Å². The van der Waals surface area contributed by atoms with Gasteiger partial charge in [-0.1, -0.05) is 13.8 Å². The van der Waals surface area contributed by atoms with Gasteiger partial charge in [-0.15, -0.1) is 0 Å². The molecule has 0 N–H and O–H groups in total. The lowest BCUT2D eigenvalue weighted by Gasteiger charge is -2.42. The first kappa shape index (κ1) is 17.0. The van der Waals surface area contributed by atoms with Gasteiger partial charge in [0.25, 0.3) is 5.91 Å². The van der Waals surface area contributed by atoms with Crippen LogP contribution in [0.25, 0.3) is 0 Å². The second-order valence-electron chi connectivity index (χ2n) is 6.86. The number of hydrogen-bond acceptors (Lipinski definition) is 3. The summed E-state index contributed by atoms with van der Waals surface area (Å²) in [5.41, 5.74) is 1.73. The zero-order valence-electron chi connectivity index (χ0n) is 14.8. The highest BCUT2D eigenvalue weighted by Gasteiger charge is 2.30. The number of amides is 1. The number of hydrogen-bond donors (Lipinski definition) is 0. The molecule has 1 aromatic heterocycles. The quantitative estimate of drug-likeness (QED) is 0.858. The van der Waals surface area contributed by atoms with Crippen molar-refractivity contribution >= 4 is 5.91 Å². The Morgan fingerprint density at radius 3 is 2.50 bits per heavy atom. The van der Waals surface area contributed by atoms with Crippen LogP contribution in [0.4, 0.5) is 0 Å². The van der Waals surface area contributed by atoms with Crippen molar-refractivity contribution in [1.29, 1.82) is 0 Å². The van der Waals surface area contributed by atoms with E-state index in [1.165, 1.54) is 0 Å². The summed E-state index contributed by atoms with van der Waals surface area (Å²) in [4.78, 5) is 17.3. The third-order valence-corrected chi connectivity index (χ3v) is 4.54. The number of carbonyl (C=O) groups is 1. The molecule has 5 nitrogen and oxygen atoms in total. The molecular formula is C17H30N4O. The maximum Gasteiger partial charge on any atom is 0.272 e. The largest absolute Gasteiger partial charge is 0.334 e. The Morgan fingerprint density at radius 2 is 2.00 bits per heavy atom. The zero-order chi connectivity index (χ0) is 16.4. The average Bonchev–Trinajstić information content (AvgIpc) is 2.90. The number of carbonyl (C=O) groups excluding carboxylic acids is 1. The van der Waals surface area contributed by atoms with Gasteiger partial charge in [0.15, 0.2) is 0 Å². The van der Waals surface area contributed by atoms with Crippen LogP contribution in [-0.2, 0) is 6.54 Å². The number of aryl methyl sites for hydroxylation is 1. The van der Waals surface area contributed by atoms with Crippen LogP contribution in [0.15, 0.2) is 6.07 Å². The van der Waals surface area contributed by atoms with Crippen molar-refractivity contribution in [1.82, 2.24) is 19.6 Å². The van der Waals surface area contributed by atoms with Crippen LogP contribution in [0.2, 0.25) is 0 Å². The Hall–Kier alpha value is -1.36. The van der Waals surface area contributed by atoms with Crippen molar-refractivity contribution in [3.8, 4) is 0 Å². The van der Waals surface area contributed by atoms with Crippen LogP contribution in [0.5, 0.6) is 0 Å². The zero-order valence-corrected chi connectivity index (χ0v) is 14.8. The van der Waals surface area contributed by atoms with Crippen LogP contribution < -0.4 is 0 Å². The minimum Gasteiger partial charge on any atom is -0.334 e. The number of piperazine rings is 1. The Balaban J connectivity index is 2.15. The van der Waals surface area contributed by atoms with Gasteiger partial charge in [0.1, 0.15) is 5.69 Å². The molecule has 1 atom stereocenters. The van der Waals surface area contributed by atoms with Crippen molar-refractivity contribution in [3.05, 3.63) is 17.5 Å². The highest BCUT2D eigenvalue weighted by molar-refractivity contribution is 5.92. The lowest BCUT2D eigenvalue weighted by Crippen LogP contribution is -2.55. The molecule has 2 heterocycles. The predicted molar refractivity (Wildman–Crippen MR) is 89.2 cm³/mol. The molecule has 0 aromatic carbocycles. The van der Waals surface area contributed by atoms with Crippen molar-refractivity contribution in [2.75, 3.05) is 19.6 Å². The lowest BCUT2D eigenvalue weighted by molar-refractivity contribution is 0.0417. The first-order chi connectivity index (χ1) is 10.3. The van der Waals surface area contributed by atoms with E-state index in [0.29, 0.717) is 18.0 Å². The third kappa shape index (κ3) is 3.35. The third-order valence-electron chi connectivity index (χ3n) is 4.54. The van der Waals surface area contributed by atoms with Gasteiger partial charge < -0.3 is 4.90 Å². The molecule has 0 bridgehead atoms. The van der Waals surface area contributed by atoms with E-state index >= 15 is 0 Å². The fourth-order valence-corrected chi connectivity index (χ4v) is 3.22. The summed E-state index contributed by atoms with van der Waals surface area (Å²) in [6.45, 7) is 16.2. The summed E-state index contributed by atoms with van der Waals surface area (Å²) < 4.78 is 1.84. The summed E-state index contributed by atoms with van der Waals surface area (Å²) in [5, 5.41) is 4.57. The van der Waals surface area contributed by atoms with Gasteiger partial charge in [-0.2, -0.15) is 5.10 Å². The maximum absolute atomic E-state index is 12.9. The Kier molecular flexibility index (Phi) is 5.27. The normalized spacial score (nSPS) is 20.2. The van der Waals surface area contributed by atoms with Crippen LogP contribution in [0, 0.1) is 0 Å². The Labute approximate surface area is 134 Å². The smallest absolute Gasteiger partial charge is 0.272 e. The van der Waals surface area contributed by atoms with Crippen molar-refractivity contribution in [3.63, 3.8) is 0 Å². The van der Waals surface area contributed by atoms with E-state index in [2.05, 4.69) is 44.6 Å². The van der Waals surface area contributed by atoms with Crippen LogP contribution >= 0.6 is 0 Å². The number of aromatic nitrogens is 2. The van der Waals surface area contributed by atoms with Crippen LogP contribution in [0.1, 0.15) is 63.6 Å². The summed E-state index contributed by atoms with van der Waals surface area (Å²) in [5.74, 6) is 0.465. The Bertz CT molecular complexity index is 521. The minimum atomic E-state index is 0.122. The standard InChI is InChI=1S/C17H30N4O/c1-7-21-16(10-15(18-21)12(2)3)17(22)19-8-9-20(13(4)5)14(6)11-19/h10,12-14H,7-9,11H2,1-6H3. The highest BCUT2D eigenvalue weighted by atomic mass is 16.2. The summed E-state index contributed by atoms with van der Waals surface area (Å²) in [6, 6.07) is 2.90. The number of nitrogens with zero attached hydrogens (tertiary/aromatic N) is 4. The molecule has 1 aliphatic heterocycles. The van der Waals surface area contributed by atoms with Gasteiger partial charge in [-0.3, -0.25) is 14.4 Å². The molecule has 1 aliphatic rings. The maximum atomic E-state index is 12.9. The molecule has 1 aromatic rings. The fraction of sp³-hybridized carbons (Fsp3) is 0.765. The molecule has 5 heteroatoms. The first-order valence-electron chi connectivity index (χ1n) is 8.47. The second-order valence-corrected chi connectivity index (χ2v) is 6.86. The van der Waals surface area contributed by atoms with Gasteiger partial charge >= 0.3 is 0 Å². The van der Waals surface area contributed by atoms with Crippen LogP contribution in [-0.4, -0.2) is 57.2 Å². The molecule has 2 rings (SSSR count). The minimum absolute atomic E-state index is 0.122. The summed E-state index contributed by atoms with van der Waals surface area (Å²) in [6.07, 6.45) is 0. The average molecular weight is 306 g/mol. The fourth-order valence-electron chi connectivity index (χ4n) is 3.22. The van der Waals surface area contributed by atoms with Crippen LogP contribution in [0.3, 0.4) is 0 Å². The molecule has 1 amide bonds. The number of rotatable bonds is 4. The van der Waals surface area contributed by atoms with Gasteiger partial charge in [0.2, 0.25) is 0 Å². The SMILES string of the molecule is CCn1nc(C(C)C)cc1C(=O)N1CCN(C(C)C)C(C)C1. The topological polar surface area (TPSA) is 41.4 Å². The van der Waals surface area contributed by atoms with E-state index in [9.17, 15) is 4.79 Å². The molecule has 1 unspecified atom stereocenters. The highest BCUT2D eigenvalue weighted by Crippen LogP contribution is 2.19. The molecule has 124 valence electrons. The Morgan fingerprint density at radius 1 is 1.32 bits per heavy atom. The molecule has 0 spiro atoms. The summed E-state index contributed by atoms with van der Waals surface area (Å²) >= 11 is 0. The summed E-state index contributed by atoms with van der Waals surface area (Å²) in [7, 11) is 0. The van der Waals surface area contributed by atoms with E-state index in [-0.39, 0.29) is 5.91 Å². The molecule has 1 saturated heterocycles. The van der Waals surface area contributed by atoms with Gasteiger partial charge in [-0.25, -0.2) is 0 Å². The van der Waals surface area contributed by atoms with Crippen molar-refractivity contribution in [2.45, 2.75) is 66.1 Å². The van der Waals surface area contributed by atoms with E-state index in [4.69, 9.17) is 0 Å². The van der Waals surface area contributed by atoms with Gasteiger partial charge in [-0.05, 0) is 39.7 Å². The first-order valence-corrected chi connectivity index (χ1v) is 8.47. The van der Waals surface area contributed by atoms with E-state index in [1.807, 2.05) is 22.6 Å². The van der Waals surface area contributed by atoms with Gasteiger partial charge in [0.05, 0.1) is 5.69 Å². The molecular weight excluding hydrogens is 276 g/mol. The van der Waals surface area contributed by atoms with E-state index < -0.39 is 0 Å². The molecule has 0 aliphatic carbocycles. The molecule has 0 saturated carbocycles. The monoisotopic (exact) mass is 306 g/mol. The van der Waals surface area contributed by atoms with E-state index in [1.54, 1.807) is 0 Å². The second kappa shape index (κ2) is 6.82. The molecule has 0 radical (unpaired) electrons. The van der Waals surface area contributed by atoms with Crippen molar-refractivity contribution in [2.24, 2.45) is 0 Å². The van der Waals surface area contributed by atoms with Crippen molar-refractivity contribution < 1.29 is 4.79 Å².